The van der Waals surface area contributed by atoms with Gasteiger partial charge in [0.25, 0.3) is 11.6 Å². The Morgan fingerprint density at radius 3 is 2.47 bits per heavy atom. The summed E-state index contributed by atoms with van der Waals surface area (Å²) in [6.07, 6.45) is -5.06. The Kier molecular flexibility index (Phi) is 7.24. The molecule has 9 nitrogen and oxygen atoms in total. The predicted molar refractivity (Wildman–Crippen MR) is 98.7 cm³/mol. The lowest BCUT2D eigenvalue weighted by molar-refractivity contribution is -0.384. The molecule has 0 bridgehead atoms. The zero-order valence-corrected chi connectivity index (χ0v) is 16.6. The molecule has 1 aromatic rings. The van der Waals surface area contributed by atoms with Crippen molar-refractivity contribution >= 4 is 23.3 Å². The number of halogens is 3. The normalized spacial score (nSPS) is 20.4. The number of amides is 1. The first kappa shape index (κ1) is 23.4. The molecular formula is C18H22F3N3O6. The minimum absolute atomic E-state index is 0.158. The van der Waals surface area contributed by atoms with Crippen LogP contribution in [0.1, 0.15) is 26.3 Å². The highest BCUT2D eigenvalue weighted by molar-refractivity contribution is 5.84. The van der Waals surface area contributed by atoms with Gasteiger partial charge in [-0.1, -0.05) is 0 Å². The first-order chi connectivity index (χ1) is 13.9. The molecule has 30 heavy (non-hydrogen) atoms. The zero-order chi connectivity index (χ0) is 22.6. The number of ether oxygens (including phenoxy) is 2. The number of nitro groups is 1. The van der Waals surface area contributed by atoms with E-state index in [9.17, 15) is 32.9 Å². The molecule has 1 heterocycles. The van der Waals surface area contributed by atoms with E-state index < -0.39 is 46.9 Å². The van der Waals surface area contributed by atoms with Crippen molar-refractivity contribution in [2.24, 2.45) is 0 Å². The highest BCUT2D eigenvalue weighted by atomic mass is 19.4. The Morgan fingerprint density at radius 1 is 1.33 bits per heavy atom. The van der Waals surface area contributed by atoms with E-state index in [1.54, 1.807) is 0 Å². The lowest BCUT2D eigenvalue weighted by atomic mass is 10.1. The van der Waals surface area contributed by atoms with Crippen molar-refractivity contribution in [3.05, 3.63) is 33.9 Å². The number of hydrogen-bond donors (Lipinski definition) is 1. The first-order valence-corrected chi connectivity index (χ1v) is 9.10. The molecule has 1 aromatic carbocycles. The number of rotatable bonds is 6. The van der Waals surface area contributed by atoms with Gasteiger partial charge in [-0.2, -0.15) is 13.2 Å². The minimum atomic E-state index is -4.75. The molecule has 0 aliphatic carbocycles. The smallest absolute Gasteiger partial charge is 0.416 e. The van der Waals surface area contributed by atoms with Crippen molar-refractivity contribution in [3.63, 3.8) is 0 Å². The maximum absolute atomic E-state index is 12.8. The summed E-state index contributed by atoms with van der Waals surface area (Å²) in [7, 11) is 0. The summed E-state index contributed by atoms with van der Waals surface area (Å²) in [6, 6.07) is 0.769. The molecule has 3 atom stereocenters. The van der Waals surface area contributed by atoms with Crippen LogP contribution >= 0.6 is 0 Å². The van der Waals surface area contributed by atoms with Gasteiger partial charge in [-0.3, -0.25) is 14.9 Å². The molecule has 1 saturated heterocycles. The summed E-state index contributed by atoms with van der Waals surface area (Å²) < 4.78 is 48.8. The largest absolute Gasteiger partial charge is 0.454 e. The lowest BCUT2D eigenvalue weighted by Crippen LogP contribution is -2.49. The molecular weight excluding hydrogens is 411 g/mol. The molecule has 166 valence electrons. The molecule has 1 fully saturated rings. The van der Waals surface area contributed by atoms with Gasteiger partial charge in [0.05, 0.1) is 22.7 Å². The second-order valence-corrected chi connectivity index (χ2v) is 7.02. The summed E-state index contributed by atoms with van der Waals surface area (Å²) in [5.74, 6) is -1.30. The topological polar surface area (TPSA) is 111 Å². The van der Waals surface area contributed by atoms with Crippen LogP contribution in [-0.4, -0.2) is 59.6 Å². The van der Waals surface area contributed by atoms with Crippen molar-refractivity contribution in [2.75, 3.05) is 25.0 Å². The number of esters is 1. The second kappa shape index (κ2) is 9.28. The van der Waals surface area contributed by atoms with Crippen molar-refractivity contribution in [1.29, 1.82) is 0 Å². The average molecular weight is 433 g/mol. The predicted octanol–water partition coefficient (Wildman–Crippen LogP) is 2.59. The van der Waals surface area contributed by atoms with Crippen LogP contribution in [0.25, 0.3) is 0 Å². The Bertz CT molecular complexity index is 807. The third kappa shape index (κ3) is 6.05. The summed E-state index contributed by atoms with van der Waals surface area (Å²) in [5, 5.41) is 13.6. The minimum Gasteiger partial charge on any atom is -0.454 e. The van der Waals surface area contributed by atoms with E-state index in [4.69, 9.17) is 9.47 Å². The fourth-order valence-electron chi connectivity index (χ4n) is 3.00. The van der Waals surface area contributed by atoms with Gasteiger partial charge < -0.3 is 19.7 Å². The molecule has 2 unspecified atom stereocenters. The van der Waals surface area contributed by atoms with E-state index in [0.29, 0.717) is 25.2 Å². The summed E-state index contributed by atoms with van der Waals surface area (Å²) in [6.45, 7) is 5.11. The second-order valence-electron chi connectivity index (χ2n) is 7.02. The lowest BCUT2D eigenvalue weighted by Gasteiger charge is -2.35. The van der Waals surface area contributed by atoms with Gasteiger partial charge in [0, 0.05) is 19.2 Å². The number of carbonyl (C=O) groups excluding carboxylic acids is 2. The molecule has 2 rings (SSSR count). The van der Waals surface area contributed by atoms with Crippen LogP contribution in [0.4, 0.5) is 24.5 Å². The summed E-state index contributed by atoms with van der Waals surface area (Å²) in [5.41, 5.74) is -2.30. The van der Waals surface area contributed by atoms with Crippen LogP contribution < -0.4 is 5.32 Å². The van der Waals surface area contributed by atoms with Crippen molar-refractivity contribution in [1.82, 2.24) is 4.90 Å². The molecule has 12 heteroatoms. The number of morpholine rings is 1. The summed E-state index contributed by atoms with van der Waals surface area (Å²) in [4.78, 5) is 36.0. The Hall–Kier alpha value is -2.89. The van der Waals surface area contributed by atoms with Gasteiger partial charge in [0.15, 0.2) is 6.61 Å². The van der Waals surface area contributed by atoms with Crippen LogP contribution in [0.2, 0.25) is 0 Å². The Morgan fingerprint density at radius 2 is 1.93 bits per heavy atom. The van der Waals surface area contributed by atoms with Gasteiger partial charge in [-0.15, -0.1) is 0 Å². The number of nitrogens with zero attached hydrogens (tertiary/aromatic N) is 2. The van der Waals surface area contributed by atoms with Crippen LogP contribution in [0, 0.1) is 10.1 Å². The third-order valence-electron chi connectivity index (χ3n) is 4.36. The number of carbonyl (C=O) groups is 2. The van der Waals surface area contributed by atoms with E-state index in [2.05, 4.69) is 5.32 Å². The number of nitrogens with one attached hydrogen (secondary N) is 1. The van der Waals surface area contributed by atoms with Gasteiger partial charge in [-0.05, 0) is 32.9 Å². The van der Waals surface area contributed by atoms with Crippen molar-refractivity contribution in [3.8, 4) is 0 Å². The van der Waals surface area contributed by atoms with Gasteiger partial charge in [-0.25, -0.2) is 4.79 Å². The van der Waals surface area contributed by atoms with Gasteiger partial charge >= 0.3 is 12.1 Å². The molecule has 1 aliphatic rings. The van der Waals surface area contributed by atoms with Gasteiger partial charge in [0.1, 0.15) is 11.7 Å². The average Bonchev–Trinajstić information content (AvgIpc) is 2.64. The van der Waals surface area contributed by atoms with Crippen molar-refractivity contribution < 1.29 is 37.2 Å². The quantitative estimate of drug-likeness (QED) is 0.417. The number of benzene rings is 1. The first-order valence-electron chi connectivity index (χ1n) is 9.10. The number of anilines is 1. The molecule has 0 aromatic heterocycles. The third-order valence-corrected chi connectivity index (χ3v) is 4.36. The molecule has 0 saturated carbocycles. The maximum atomic E-state index is 12.8. The molecule has 0 spiro atoms. The highest BCUT2D eigenvalue weighted by Crippen LogP contribution is 2.35. The molecule has 1 aliphatic heterocycles. The van der Waals surface area contributed by atoms with Crippen molar-refractivity contribution in [2.45, 2.75) is 45.2 Å². The number of hydrogen-bond acceptors (Lipinski definition) is 7. The Labute approximate surface area is 170 Å². The molecule has 1 N–H and O–H groups in total. The van der Waals surface area contributed by atoms with Gasteiger partial charge in [0.2, 0.25) is 0 Å². The fourth-order valence-corrected chi connectivity index (χ4v) is 3.00. The zero-order valence-electron chi connectivity index (χ0n) is 16.6. The highest BCUT2D eigenvalue weighted by Gasteiger charge is 2.33. The fraction of sp³-hybridized carbons (Fsp3) is 0.556. The molecule has 1 amide bonds. The molecule has 0 radical (unpaired) electrons. The SMILES string of the molecule is CC1CN(C(=O)COC(=O)[C@@H](C)Nc2ccc(C(F)(F)F)cc2[N+](=O)[O-])CC(C)O1. The van der Waals surface area contributed by atoms with Crippen LogP contribution in [0.3, 0.4) is 0 Å². The monoisotopic (exact) mass is 433 g/mol. The number of nitro benzene ring substituents is 1. The van der Waals surface area contributed by atoms with Crippen LogP contribution in [0.5, 0.6) is 0 Å². The van der Waals surface area contributed by atoms with E-state index in [0.717, 1.165) is 6.07 Å². The van der Waals surface area contributed by atoms with E-state index >= 15 is 0 Å². The van der Waals surface area contributed by atoms with E-state index in [1.807, 2.05) is 13.8 Å². The summed E-state index contributed by atoms with van der Waals surface area (Å²) >= 11 is 0. The van der Waals surface area contributed by atoms with E-state index in [1.165, 1.54) is 11.8 Å². The van der Waals surface area contributed by atoms with E-state index in [-0.39, 0.29) is 17.9 Å². The number of alkyl halides is 3. The Balaban J connectivity index is 1.98. The standard InChI is InChI=1S/C18H22F3N3O6/c1-10-7-23(8-11(2)30-10)16(25)9-29-17(26)12(3)22-14-5-4-13(18(19,20)21)6-15(14)24(27)28/h4-6,10-12,22H,7-9H2,1-3H3/t10?,11?,12-/m1/s1. The van der Waals surface area contributed by atoms with Crippen LogP contribution in [0.15, 0.2) is 18.2 Å². The maximum Gasteiger partial charge on any atom is 0.416 e. The van der Waals surface area contributed by atoms with Crippen LogP contribution in [-0.2, 0) is 25.2 Å².